The van der Waals surface area contributed by atoms with E-state index in [1.165, 1.54) is 30.4 Å². The van der Waals surface area contributed by atoms with E-state index < -0.39 is 10.8 Å². The second-order valence-electron chi connectivity index (χ2n) is 5.76. The Balaban J connectivity index is 1.97. The highest BCUT2D eigenvalue weighted by atomic mass is 32.2. The van der Waals surface area contributed by atoms with Gasteiger partial charge in [0.05, 0.1) is 0 Å². The topological polar surface area (TPSA) is 43.1 Å². The average molecular weight is 279 g/mol. The molecule has 2 unspecified atom stereocenters. The first kappa shape index (κ1) is 14.7. The van der Waals surface area contributed by atoms with E-state index in [1.54, 1.807) is 0 Å². The molecule has 2 N–H and O–H groups in total. The summed E-state index contributed by atoms with van der Waals surface area (Å²) in [6, 6.07) is 6.22. The molecule has 1 saturated carbocycles. The highest BCUT2D eigenvalue weighted by molar-refractivity contribution is 7.85. The van der Waals surface area contributed by atoms with Crippen LogP contribution in [0, 0.1) is 13.8 Å². The molecule has 1 aliphatic carbocycles. The Kier molecular flexibility index (Phi) is 5.17. The molecule has 0 bridgehead atoms. The number of hydrogen-bond donors (Lipinski definition) is 1. The first-order chi connectivity index (χ1) is 9.08. The van der Waals surface area contributed by atoms with Gasteiger partial charge < -0.3 is 5.73 Å². The molecule has 3 heteroatoms. The van der Waals surface area contributed by atoms with Crippen LogP contribution in [0.2, 0.25) is 0 Å². The summed E-state index contributed by atoms with van der Waals surface area (Å²) in [6.07, 6.45) is 6.00. The van der Waals surface area contributed by atoms with E-state index in [4.69, 9.17) is 5.73 Å². The largest absolute Gasteiger partial charge is 0.323 e. The standard InChI is InChI=1S/C16H25NOS/c1-12-8-9-14(10-13(12)2)16(17)11-19(18)15-6-4-3-5-7-15/h8-10,15-16H,3-7,11,17H2,1-2H3. The molecular weight excluding hydrogens is 254 g/mol. The molecule has 0 amide bonds. The fraction of sp³-hybridized carbons (Fsp3) is 0.625. The minimum atomic E-state index is -0.774. The Labute approximate surface area is 119 Å². The molecule has 1 fully saturated rings. The Morgan fingerprint density at radius 3 is 2.53 bits per heavy atom. The van der Waals surface area contributed by atoms with E-state index in [0.29, 0.717) is 11.0 Å². The van der Waals surface area contributed by atoms with E-state index in [2.05, 4.69) is 32.0 Å². The molecule has 1 aliphatic rings. The van der Waals surface area contributed by atoms with Crippen LogP contribution < -0.4 is 5.73 Å². The maximum absolute atomic E-state index is 12.4. The van der Waals surface area contributed by atoms with E-state index in [9.17, 15) is 4.21 Å². The summed E-state index contributed by atoms with van der Waals surface area (Å²) in [5.74, 6) is 0.604. The fourth-order valence-electron chi connectivity index (χ4n) is 2.73. The third kappa shape index (κ3) is 3.90. The highest BCUT2D eigenvalue weighted by Crippen LogP contribution is 2.24. The lowest BCUT2D eigenvalue weighted by atomic mass is 10.0. The van der Waals surface area contributed by atoms with Crippen molar-refractivity contribution in [3.8, 4) is 0 Å². The second-order valence-corrected chi connectivity index (χ2v) is 7.52. The van der Waals surface area contributed by atoms with Gasteiger partial charge in [0.2, 0.25) is 0 Å². The lowest BCUT2D eigenvalue weighted by Gasteiger charge is -2.23. The summed E-state index contributed by atoms with van der Waals surface area (Å²) in [4.78, 5) is 0. The van der Waals surface area contributed by atoms with Crippen LogP contribution in [-0.4, -0.2) is 15.2 Å². The molecule has 0 saturated heterocycles. The quantitative estimate of drug-likeness (QED) is 0.918. The predicted molar refractivity (Wildman–Crippen MR) is 82.7 cm³/mol. The van der Waals surface area contributed by atoms with Crippen molar-refractivity contribution in [2.75, 3.05) is 5.75 Å². The van der Waals surface area contributed by atoms with Gasteiger partial charge in [-0.05, 0) is 43.4 Å². The maximum atomic E-state index is 12.4. The summed E-state index contributed by atoms with van der Waals surface area (Å²) in [7, 11) is -0.774. The van der Waals surface area contributed by atoms with Crippen LogP contribution in [0.1, 0.15) is 54.8 Å². The van der Waals surface area contributed by atoms with Crippen LogP contribution in [-0.2, 0) is 10.8 Å². The predicted octanol–water partition coefficient (Wildman–Crippen LogP) is 3.38. The molecule has 19 heavy (non-hydrogen) atoms. The molecule has 2 rings (SSSR count). The van der Waals surface area contributed by atoms with Crippen LogP contribution in [0.5, 0.6) is 0 Å². The minimum absolute atomic E-state index is 0.0953. The molecule has 2 nitrogen and oxygen atoms in total. The Hall–Kier alpha value is -0.670. The van der Waals surface area contributed by atoms with Gasteiger partial charge in [0.1, 0.15) is 0 Å². The summed E-state index contributed by atoms with van der Waals surface area (Å²) >= 11 is 0. The van der Waals surface area contributed by atoms with Gasteiger partial charge in [0.25, 0.3) is 0 Å². The smallest absolute Gasteiger partial charge is 0.0431 e. The summed E-state index contributed by atoms with van der Waals surface area (Å²) in [5, 5.41) is 0.381. The number of rotatable bonds is 4. The zero-order chi connectivity index (χ0) is 13.8. The Morgan fingerprint density at radius 2 is 1.89 bits per heavy atom. The van der Waals surface area contributed by atoms with Gasteiger partial charge in [-0.2, -0.15) is 0 Å². The SMILES string of the molecule is Cc1ccc(C(N)CS(=O)C2CCCCC2)cc1C. The van der Waals surface area contributed by atoms with Crippen molar-refractivity contribution in [2.45, 2.75) is 57.2 Å². The maximum Gasteiger partial charge on any atom is 0.0431 e. The molecule has 0 heterocycles. The van der Waals surface area contributed by atoms with E-state index in [0.717, 1.165) is 18.4 Å². The molecular formula is C16H25NOS. The van der Waals surface area contributed by atoms with Gasteiger partial charge in [-0.15, -0.1) is 0 Å². The third-order valence-corrected chi connectivity index (χ3v) is 6.13. The van der Waals surface area contributed by atoms with Crippen LogP contribution in [0.3, 0.4) is 0 Å². The summed E-state index contributed by atoms with van der Waals surface area (Å²) < 4.78 is 12.4. The number of nitrogens with two attached hydrogens (primary N) is 1. The van der Waals surface area contributed by atoms with E-state index in [1.807, 2.05) is 0 Å². The van der Waals surface area contributed by atoms with Crippen molar-refractivity contribution < 1.29 is 4.21 Å². The first-order valence-corrected chi connectivity index (χ1v) is 8.66. The first-order valence-electron chi connectivity index (χ1n) is 7.28. The molecule has 0 radical (unpaired) electrons. The highest BCUT2D eigenvalue weighted by Gasteiger charge is 2.22. The van der Waals surface area contributed by atoms with Crippen LogP contribution >= 0.6 is 0 Å². The van der Waals surface area contributed by atoms with Crippen LogP contribution in [0.25, 0.3) is 0 Å². The molecule has 1 aromatic rings. The van der Waals surface area contributed by atoms with Gasteiger partial charge in [-0.1, -0.05) is 37.5 Å². The third-order valence-electron chi connectivity index (χ3n) is 4.23. The van der Waals surface area contributed by atoms with E-state index in [-0.39, 0.29) is 6.04 Å². The monoisotopic (exact) mass is 279 g/mol. The van der Waals surface area contributed by atoms with Crippen molar-refractivity contribution in [3.63, 3.8) is 0 Å². The number of hydrogen-bond acceptors (Lipinski definition) is 2. The van der Waals surface area contributed by atoms with Crippen molar-refractivity contribution in [2.24, 2.45) is 5.73 Å². The molecule has 1 aromatic carbocycles. The number of benzene rings is 1. The van der Waals surface area contributed by atoms with Crippen LogP contribution in [0.4, 0.5) is 0 Å². The second kappa shape index (κ2) is 6.67. The van der Waals surface area contributed by atoms with Gasteiger partial charge in [-0.25, -0.2) is 0 Å². The van der Waals surface area contributed by atoms with Gasteiger partial charge in [0.15, 0.2) is 0 Å². The van der Waals surface area contributed by atoms with Crippen LogP contribution in [0.15, 0.2) is 18.2 Å². The molecule has 0 aromatic heterocycles. The van der Waals surface area contributed by atoms with Crippen molar-refractivity contribution in [1.29, 1.82) is 0 Å². The lowest BCUT2D eigenvalue weighted by molar-refractivity contribution is 0.503. The van der Waals surface area contributed by atoms with Crippen molar-refractivity contribution >= 4 is 10.8 Å². The zero-order valence-electron chi connectivity index (χ0n) is 12.0. The molecule has 2 atom stereocenters. The van der Waals surface area contributed by atoms with Crippen molar-refractivity contribution in [1.82, 2.24) is 0 Å². The molecule has 0 aliphatic heterocycles. The minimum Gasteiger partial charge on any atom is -0.323 e. The normalized spacial score (nSPS) is 20.2. The number of aryl methyl sites for hydroxylation is 2. The van der Waals surface area contributed by atoms with Gasteiger partial charge >= 0.3 is 0 Å². The Morgan fingerprint density at radius 1 is 1.21 bits per heavy atom. The lowest BCUT2D eigenvalue weighted by Crippen LogP contribution is -2.26. The fourth-order valence-corrected chi connectivity index (χ4v) is 4.41. The van der Waals surface area contributed by atoms with Gasteiger partial charge in [0, 0.05) is 27.8 Å². The average Bonchev–Trinajstić information content (AvgIpc) is 2.42. The molecule has 106 valence electrons. The van der Waals surface area contributed by atoms with Gasteiger partial charge in [-0.3, -0.25) is 4.21 Å². The Bertz CT molecular complexity index is 452. The molecule has 0 spiro atoms. The van der Waals surface area contributed by atoms with Crippen molar-refractivity contribution in [3.05, 3.63) is 34.9 Å². The summed E-state index contributed by atoms with van der Waals surface area (Å²) in [5.41, 5.74) is 9.89. The zero-order valence-corrected chi connectivity index (χ0v) is 12.8. The van der Waals surface area contributed by atoms with E-state index >= 15 is 0 Å². The summed E-state index contributed by atoms with van der Waals surface area (Å²) in [6.45, 7) is 4.20.